The second-order valence-corrected chi connectivity index (χ2v) is 9.13. The Kier molecular flexibility index (Phi) is 7.29. The highest BCUT2D eigenvalue weighted by molar-refractivity contribution is 5.77. The minimum atomic E-state index is -5.05. The fraction of sp³-hybridized carbons (Fsp3) is 0.565. The molecule has 2 heterocycles. The van der Waals surface area contributed by atoms with Crippen LogP contribution >= 0.6 is 0 Å². The highest BCUT2D eigenvalue weighted by atomic mass is 19.4. The first-order chi connectivity index (χ1) is 15.0. The van der Waals surface area contributed by atoms with E-state index in [1.54, 1.807) is 0 Å². The van der Waals surface area contributed by atoms with Crippen molar-refractivity contribution in [1.82, 2.24) is 19.8 Å². The molecule has 1 aromatic heterocycles. The Morgan fingerprint density at radius 1 is 1.16 bits per heavy atom. The summed E-state index contributed by atoms with van der Waals surface area (Å²) in [6.07, 6.45) is -2.52. The van der Waals surface area contributed by atoms with Crippen molar-refractivity contribution in [3.63, 3.8) is 0 Å². The Labute approximate surface area is 186 Å². The number of likely N-dealkylation sites (tertiary alicyclic amines) is 1. The van der Waals surface area contributed by atoms with E-state index in [4.69, 9.17) is 0 Å². The number of imidazole rings is 1. The summed E-state index contributed by atoms with van der Waals surface area (Å²) < 4.78 is 41.8. The summed E-state index contributed by atoms with van der Waals surface area (Å²) in [7, 11) is 1.34. The van der Waals surface area contributed by atoms with E-state index in [0.717, 1.165) is 41.5 Å². The van der Waals surface area contributed by atoms with Crippen molar-refractivity contribution >= 4 is 5.91 Å². The molecule has 32 heavy (non-hydrogen) atoms. The quantitative estimate of drug-likeness (QED) is 0.676. The van der Waals surface area contributed by atoms with Gasteiger partial charge in [-0.15, -0.1) is 0 Å². The summed E-state index contributed by atoms with van der Waals surface area (Å²) in [6, 6.07) is 7.68. The van der Waals surface area contributed by atoms with E-state index in [1.165, 1.54) is 19.7 Å². The number of aryl methyl sites for hydroxylation is 1. The van der Waals surface area contributed by atoms with Crippen LogP contribution in [0.3, 0.4) is 0 Å². The summed E-state index contributed by atoms with van der Waals surface area (Å²) >= 11 is 0. The van der Waals surface area contributed by atoms with Crippen LogP contribution in [0.15, 0.2) is 36.7 Å². The smallest absolute Gasteiger partial charge is 0.374 e. The third-order valence-corrected chi connectivity index (χ3v) is 5.94. The van der Waals surface area contributed by atoms with Crippen LogP contribution in [0.1, 0.15) is 43.6 Å². The lowest BCUT2D eigenvalue weighted by atomic mass is 9.91. The standard InChI is InChI=1S/C23H31F3N4O2/c1-16-10-17(2)14-30(13-16)15-19-6-4-18(5-7-19)12-28-20(31)11-22(32,23(24,25)26)21-27-8-9-29(21)3/h4-9,16-17,32H,10-15H2,1-3H3,(H,28,31). The molecule has 3 rings (SSSR count). The lowest BCUT2D eigenvalue weighted by Gasteiger charge is -2.35. The number of aliphatic hydroxyl groups is 1. The van der Waals surface area contributed by atoms with Gasteiger partial charge in [-0.25, -0.2) is 4.98 Å². The Balaban J connectivity index is 1.57. The van der Waals surface area contributed by atoms with Gasteiger partial charge in [-0.05, 0) is 29.4 Å². The summed E-state index contributed by atoms with van der Waals surface area (Å²) in [5, 5.41) is 12.8. The average molecular weight is 453 g/mol. The van der Waals surface area contributed by atoms with E-state index in [9.17, 15) is 23.1 Å². The molecule has 1 amide bonds. The minimum Gasteiger partial charge on any atom is -0.374 e. The average Bonchev–Trinajstić information content (AvgIpc) is 3.12. The first kappa shape index (κ1) is 24.3. The number of piperidine rings is 1. The predicted octanol–water partition coefficient (Wildman–Crippen LogP) is 3.35. The van der Waals surface area contributed by atoms with Crippen LogP contribution in [0.2, 0.25) is 0 Å². The second-order valence-electron chi connectivity index (χ2n) is 9.13. The van der Waals surface area contributed by atoms with Crippen LogP contribution in [0.4, 0.5) is 13.2 Å². The number of benzene rings is 1. The Morgan fingerprint density at radius 3 is 2.28 bits per heavy atom. The van der Waals surface area contributed by atoms with Gasteiger partial charge < -0.3 is 15.0 Å². The molecule has 0 aliphatic carbocycles. The normalized spacial score (nSPS) is 21.8. The molecular weight excluding hydrogens is 421 g/mol. The first-order valence-electron chi connectivity index (χ1n) is 10.8. The lowest BCUT2D eigenvalue weighted by molar-refractivity contribution is -0.271. The van der Waals surface area contributed by atoms with Crippen molar-refractivity contribution in [2.75, 3.05) is 13.1 Å². The molecule has 3 unspecified atom stereocenters. The number of nitrogens with zero attached hydrogens (tertiary/aromatic N) is 3. The Bertz CT molecular complexity index is 903. The van der Waals surface area contributed by atoms with Crippen molar-refractivity contribution in [1.29, 1.82) is 0 Å². The van der Waals surface area contributed by atoms with Gasteiger partial charge in [0, 0.05) is 45.6 Å². The van der Waals surface area contributed by atoms with Crippen molar-refractivity contribution in [3.8, 4) is 0 Å². The Hall–Kier alpha value is -2.39. The molecule has 6 nitrogen and oxygen atoms in total. The van der Waals surface area contributed by atoms with Gasteiger partial charge in [0.1, 0.15) is 0 Å². The summed E-state index contributed by atoms with van der Waals surface area (Å²) in [4.78, 5) is 18.3. The second kappa shape index (κ2) is 9.62. The third-order valence-electron chi connectivity index (χ3n) is 5.94. The molecule has 0 spiro atoms. The number of aromatic nitrogens is 2. The number of carbonyl (C=O) groups excluding carboxylic acids is 1. The monoisotopic (exact) mass is 452 g/mol. The summed E-state index contributed by atoms with van der Waals surface area (Å²) in [5.74, 6) is -0.178. The molecule has 1 aromatic carbocycles. The molecule has 1 fully saturated rings. The zero-order chi connectivity index (χ0) is 23.5. The van der Waals surface area contributed by atoms with Crippen molar-refractivity contribution in [2.24, 2.45) is 18.9 Å². The lowest BCUT2D eigenvalue weighted by Crippen LogP contribution is -2.47. The molecule has 3 atom stereocenters. The number of amides is 1. The number of carbonyl (C=O) groups is 1. The molecule has 2 N–H and O–H groups in total. The van der Waals surface area contributed by atoms with Crippen molar-refractivity contribution < 1.29 is 23.1 Å². The number of alkyl halides is 3. The molecule has 0 bridgehead atoms. The SMILES string of the molecule is CC1CC(C)CN(Cc2ccc(CNC(=O)CC(O)(c3nccn3C)C(F)(F)F)cc2)C1. The van der Waals surface area contributed by atoms with Crippen LogP contribution in [0.5, 0.6) is 0 Å². The van der Waals surface area contributed by atoms with Crippen molar-refractivity contribution in [3.05, 3.63) is 53.6 Å². The fourth-order valence-electron chi connectivity index (χ4n) is 4.51. The maximum atomic E-state index is 13.6. The third kappa shape index (κ3) is 5.69. The van der Waals surface area contributed by atoms with E-state index in [1.807, 2.05) is 24.3 Å². The van der Waals surface area contributed by atoms with Gasteiger partial charge in [0.15, 0.2) is 5.82 Å². The van der Waals surface area contributed by atoms with E-state index in [-0.39, 0.29) is 6.54 Å². The number of rotatable bonds is 7. The molecule has 1 aliphatic heterocycles. The number of nitrogens with one attached hydrogen (secondary N) is 1. The van der Waals surface area contributed by atoms with Gasteiger partial charge in [0.05, 0.1) is 6.42 Å². The fourth-order valence-corrected chi connectivity index (χ4v) is 4.51. The van der Waals surface area contributed by atoms with Gasteiger partial charge in [-0.3, -0.25) is 9.69 Å². The largest absolute Gasteiger partial charge is 0.425 e. The summed E-state index contributed by atoms with van der Waals surface area (Å²) in [6.45, 7) is 7.60. The molecule has 1 saturated heterocycles. The Morgan fingerprint density at radius 2 is 1.75 bits per heavy atom. The number of halogens is 3. The van der Waals surface area contributed by atoms with Gasteiger partial charge in [0.2, 0.25) is 11.5 Å². The van der Waals surface area contributed by atoms with Gasteiger partial charge in [-0.2, -0.15) is 13.2 Å². The van der Waals surface area contributed by atoms with Gasteiger partial charge in [-0.1, -0.05) is 38.1 Å². The highest BCUT2D eigenvalue weighted by Gasteiger charge is 2.58. The van der Waals surface area contributed by atoms with Crippen LogP contribution in [-0.2, 0) is 30.5 Å². The summed E-state index contributed by atoms with van der Waals surface area (Å²) in [5.41, 5.74) is -1.43. The zero-order valence-electron chi connectivity index (χ0n) is 18.7. The first-order valence-corrected chi connectivity index (χ1v) is 10.8. The van der Waals surface area contributed by atoms with Crippen LogP contribution in [0.25, 0.3) is 0 Å². The van der Waals surface area contributed by atoms with Gasteiger partial charge in [0.25, 0.3) is 0 Å². The topological polar surface area (TPSA) is 70.4 Å². The molecule has 176 valence electrons. The van der Waals surface area contributed by atoms with E-state index >= 15 is 0 Å². The van der Waals surface area contributed by atoms with E-state index in [0.29, 0.717) is 11.8 Å². The predicted molar refractivity (Wildman–Crippen MR) is 114 cm³/mol. The van der Waals surface area contributed by atoms with Crippen LogP contribution < -0.4 is 5.32 Å². The molecule has 0 saturated carbocycles. The molecule has 1 aliphatic rings. The maximum Gasteiger partial charge on any atom is 0.425 e. The number of hydrogen-bond donors (Lipinski definition) is 2. The molecular formula is C23H31F3N4O2. The van der Waals surface area contributed by atoms with E-state index in [2.05, 4.69) is 29.0 Å². The molecule has 9 heteroatoms. The molecule has 2 aromatic rings. The highest BCUT2D eigenvalue weighted by Crippen LogP contribution is 2.40. The molecule has 0 radical (unpaired) electrons. The van der Waals surface area contributed by atoms with Crippen LogP contribution in [-0.4, -0.2) is 44.7 Å². The van der Waals surface area contributed by atoms with Crippen molar-refractivity contribution in [2.45, 2.75) is 51.6 Å². The maximum absolute atomic E-state index is 13.6. The van der Waals surface area contributed by atoms with Gasteiger partial charge >= 0.3 is 6.18 Å². The van der Waals surface area contributed by atoms with E-state index < -0.39 is 29.9 Å². The number of hydrogen-bond acceptors (Lipinski definition) is 4. The van der Waals surface area contributed by atoms with Crippen LogP contribution in [0, 0.1) is 11.8 Å². The minimum absolute atomic E-state index is 0.0748. The zero-order valence-corrected chi connectivity index (χ0v) is 18.7.